The molecule has 1 rings (SSSR count). The highest BCUT2D eigenvalue weighted by Gasteiger charge is 2.15. The van der Waals surface area contributed by atoms with Gasteiger partial charge in [-0.15, -0.1) is 0 Å². The minimum absolute atomic E-state index is 0.00544. The molecule has 0 aromatic heterocycles. The monoisotopic (exact) mass is 320 g/mol. The molecule has 114 valence electrons. The molecule has 20 heavy (non-hydrogen) atoms. The number of hydrogen-bond acceptors (Lipinski definition) is 5. The number of anilines is 1. The molecule has 0 aliphatic heterocycles. The van der Waals surface area contributed by atoms with Crippen molar-refractivity contribution in [1.82, 2.24) is 4.72 Å². The van der Waals surface area contributed by atoms with Crippen LogP contribution < -0.4 is 15.2 Å². The van der Waals surface area contributed by atoms with E-state index >= 15 is 0 Å². The predicted molar refractivity (Wildman–Crippen MR) is 81.7 cm³/mol. The second kappa shape index (κ2) is 7.61. The summed E-state index contributed by atoms with van der Waals surface area (Å²) < 4.78 is 42.4. The van der Waals surface area contributed by atoms with Crippen LogP contribution in [0.15, 0.2) is 24.3 Å². The van der Waals surface area contributed by atoms with E-state index in [2.05, 4.69) is 4.72 Å². The fraction of sp³-hybridized carbons (Fsp3) is 0.500. The Kier molecular flexibility index (Phi) is 6.44. The fourth-order valence-electron chi connectivity index (χ4n) is 1.62. The maximum Gasteiger partial charge on any atom is 0.215 e. The Labute approximate surface area is 122 Å². The number of ether oxygens (including phenoxy) is 1. The summed E-state index contributed by atoms with van der Waals surface area (Å²) in [6, 6.07) is 6.52. The molecule has 0 saturated carbocycles. The van der Waals surface area contributed by atoms with E-state index in [0.717, 1.165) is 0 Å². The zero-order chi connectivity index (χ0) is 15.2. The third-order valence-corrected chi connectivity index (χ3v) is 4.83. The molecule has 0 aliphatic carbocycles. The van der Waals surface area contributed by atoms with Crippen LogP contribution in [0.2, 0.25) is 0 Å². The molecule has 8 heteroatoms. The number of nitrogen functional groups attached to an aromatic ring is 1. The lowest BCUT2D eigenvalue weighted by Crippen LogP contribution is -2.38. The van der Waals surface area contributed by atoms with Gasteiger partial charge in [-0.1, -0.05) is 12.1 Å². The Balaban J connectivity index is 2.44. The average Bonchev–Trinajstić information content (AvgIpc) is 2.29. The number of nitrogens with two attached hydrogens (primary N) is 1. The molecule has 0 spiro atoms. The summed E-state index contributed by atoms with van der Waals surface area (Å²) in [7, 11) is -4.50. The van der Waals surface area contributed by atoms with Crippen molar-refractivity contribution < 1.29 is 17.4 Å². The minimum atomic E-state index is -3.46. The van der Waals surface area contributed by atoms with E-state index in [4.69, 9.17) is 10.5 Å². The highest BCUT2D eigenvalue weighted by molar-refractivity contribution is 7.89. The smallest absolute Gasteiger partial charge is 0.215 e. The summed E-state index contributed by atoms with van der Waals surface area (Å²) in [5.41, 5.74) is 6.15. The van der Waals surface area contributed by atoms with Crippen molar-refractivity contribution in [1.29, 1.82) is 0 Å². The van der Waals surface area contributed by atoms with Crippen molar-refractivity contribution >= 4 is 26.5 Å². The molecule has 0 saturated heterocycles. The first kappa shape index (κ1) is 16.9. The van der Waals surface area contributed by atoms with Crippen molar-refractivity contribution in [3.63, 3.8) is 0 Å². The van der Waals surface area contributed by atoms with Crippen LogP contribution >= 0.6 is 0 Å². The van der Waals surface area contributed by atoms with E-state index in [1.807, 2.05) is 0 Å². The van der Waals surface area contributed by atoms with Gasteiger partial charge in [0.2, 0.25) is 10.0 Å². The lowest BCUT2D eigenvalue weighted by Gasteiger charge is -2.13. The molecule has 2 atom stereocenters. The number of para-hydroxylation sites is 2. The standard InChI is InChI=1S/C12H20N2O4S2/c1-10(9-19(2)15)14-20(16,17)8-7-18-12-6-4-3-5-11(12)13/h3-6,10,14H,7-9,13H2,1-2H3. The van der Waals surface area contributed by atoms with Crippen LogP contribution in [0.4, 0.5) is 5.69 Å². The zero-order valence-corrected chi connectivity index (χ0v) is 13.2. The van der Waals surface area contributed by atoms with Crippen molar-refractivity contribution in [3.8, 4) is 5.75 Å². The third kappa shape index (κ3) is 6.36. The lowest BCUT2D eigenvalue weighted by atomic mass is 10.3. The topological polar surface area (TPSA) is 98.5 Å². The van der Waals surface area contributed by atoms with Gasteiger partial charge in [-0.25, -0.2) is 13.1 Å². The number of hydrogen-bond donors (Lipinski definition) is 2. The van der Waals surface area contributed by atoms with Gasteiger partial charge in [-0.3, -0.25) is 4.21 Å². The highest BCUT2D eigenvalue weighted by atomic mass is 32.2. The summed E-state index contributed by atoms with van der Waals surface area (Å²) in [5, 5.41) is 0. The quantitative estimate of drug-likeness (QED) is 0.673. The Morgan fingerprint density at radius 2 is 2.05 bits per heavy atom. The van der Waals surface area contributed by atoms with Gasteiger partial charge >= 0.3 is 0 Å². The molecule has 1 aromatic rings. The summed E-state index contributed by atoms with van der Waals surface area (Å²) in [6.45, 7) is 1.68. The Hall–Kier alpha value is -1.12. The SMILES string of the molecule is CC(CS(C)=O)NS(=O)(=O)CCOc1ccccc1N. The normalized spacial score (nSPS) is 14.7. The molecule has 6 nitrogen and oxygen atoms in total. The second-order valence-corrected chi connectivity index (χ2v) is 7.82. The number of benzene rings is 1. The maximum absolute atomic E-state index is 11.8. The van der Waals surface area contributed by atoms with Crippen LogP contribution in [0.3, 0.4) is 0 Å². The van der Waals surface area contributed by atoms with E-state index < -0.39 is 20.8 Å². The molecular formula is C12H20N2O4S2. The first-order valence-corrected chi connectivity index (χ1v) is 9.45. The second-order valence-electron chi connectivity index (χ2n) is 4.46. The molecule has 1 aromatic carbocycles. The molecule has 3 N–H and O–H groups in total. The molecule has 0 heterocycles. The van der Waals surface area contributed by atoms with Gasteiger partial charge < -0.3 is 10.5 Å². The van der Waals surface area contributed by atoms with Gasteiger partial charge in [0, 0.05) is 28.9 Å². The summed E-state index contributed by atoms with van der Waals surface area (Å²) >= 11 is 0. The minimum Gasteiger partial charge on any atom is -0.490 e. The predicted octanol–water partition coefficient (Wildman–Crippen LogP) is 0.334. The summed E-state index contributed by atoms with van der Waals surface area (Å²) in [6.07, 6.45) is 1.53. The average molecular weight is 320 g/mol. The molecule has 0 fully saturated rings. The first-order valence-electron chi connectivity index (χ1n) is 6.07. The van der Waals surface area contributed by atoms with E-state index in [1.54, 1.807) is 31.2 Å². The number of sulfonamides is 1. The molecule has 2 unspecified atom stereocenters. The van der Waals surface area contributed by atoms with Crippen molar-refractivity contribution in [3.05, 3.63) is 24.3 Å². The van der Waals surface area contributed by atoms with Crippen molar-refractivity contribution in [2.75, 3.05) is 30.1 Å². The first-order chi connectivity index (χ1) is 9.30. The largest absolute Gasteiger partial charge is 0.490 e. The van der Waals surface area contributed by atoms with E-state index in [1.165, 1.54) is 6.26 Å². The number of nitrogens with one attached hydrogen (secondary N) is 1. The fourth-order valence-corrected chi connectivity index (χ4v) is 3.63. The molecule has 0 amide bonds. The third-order valence-electron chi connectivity index (χ3n) is 2.39. The van der Waals surface area contributed by atoms with Crippen LogP contribution in [0.5, 0.6) is 5.75 Å². The van der Waals surface area contributed by atoms with Crippen molar-refractivity contribution in [2.45, 2.75) is 13.0 Å². The molecule has 0 bridgehead atoms. The zero-order valence-electron chi connectivity index (χ0n) is 11.5. The molecule has 0 aliphatic rings. The summed E-state index contributed by atoms with van der Waals surface area (Å²) in [5.74, 6) is 0.568. The Bertz CT molecular complexity index is 560. The Morgan fingerprint density at radius 3 is 2.65 bits per heavy atom. The van der Waals surface area contributed by atoms with Gasteiger partial charge in [0.15, 0.2) is 0 Å². The number of rotatable bonds is 8. The van der Waals surface area contributed by atoms with Gasteiger partial charge in [-0.2, -0.15) is 0 Å². The van der Waals surface area contributed by atoms with Crippen LogP contribution in [0.25, 0.3) is 0 Å². The van der Waals surface area contributed by atoms with Gasteiger partial charge in [0.05, 0.1) is 11.4 Å². The van der Waals surface area contributed by atoms with Gasteiger partial charge in [0.25, 0.3) is 0 Å². The lowest BCUT2D eigenvalue weighted by molar-refractivity contribution is 0.342. The van der Waals surface area contributed by atoms with Gasteiger partial charge in [-0.05, 0) is 19.1 Å². The highest BCUT2D eigenvalue weighted by Crippen LogP contribution is 2.19. The van der Waals surface area contributed by atoms with E-state index in [9.17, 15) is 12.6 Å². The van der Waals surface area contributed by atoms with Crippen LogP contribution in [-0.2, 0) is 20.8 Å². The van der Waals surface area contributed by atoms with Crippen molar-refractivity contribution in [2.24, 2.45) is 0 Å². The molecule has 0 radical (unpaired) electrons. The van der Waals surface area contributed by atoms with Crippen LogP contribution in [-0.4, -0.2) is 43.0 Å². The Morgan fingerprint density at radius 1 is 1.40 bits per heavy atom. The van der Waals surface area contributed by atoms with E-state index in [-0.39, 0.29) is 24.2 Å². The van der Waals surface area contributed by atoms with Gasteiger partial charge in [0.1, 0.15) is 12.4 Å². The van der Waals surface area contributed by atoms with Crippen LogP contribution in [0, 0.1) is 0 Å². The van der Waals surface area contributed by atoms with Crippen LogP contribution in [0.1, 0.15) is 6.92 Å². The summed E-state index contributed by atoms with van der Waals surface area (Å²) in [4.78, 5) is 0. The molecular weight excluding hydrogens is 300 g/mol. The van der Waals surface area contributed by atoms with E-state index in [0.29, 0.717) is 11.4 Å². The maximum atomic E-state index is 11.8.